The molecule has 8 nitrogen and oxygen atoms in total. The number of nitrogens with zero attached hydrogens (tertiary/aromatic N) is 4. The van der Waals surface area contributed by atoms with Gasteiger partial charge in [0.15, 0.2) is 0 Å². The fourth-order valence-corrected chi connectivity index (χ4v) is 5.36. The van der Waals surface area contributed by atoms with Crippen molar-refractivity contribution in [3.63, 3.8) is 0 Å². The third-order valence-corrected chi connectivity index (χ3v) is 8.06. The molecule has 210 valence electrons. The molecule has 9 heteroatoms. The number of aromatic nitrogens is 1. The van der Waals surface area contributed by atoms with Crippen LogP contribution < -0.4 is 14.5 Å². The summed E-state index contributed by atoms with van der Waals surface area (Å²) < 4.78 is 12.3. The van der Waals surface area contributed by atoms with E-state index in [1.807, 2.05) is 32.0 Å². The normalized spacial score (nSPS) is 14.9. The molecule has 2 aliphatic rings. The van der Waals surface area contributed by atoms with Crippen molar-refractivity contribution in [3.8, 4) is 11.5 Å². The minimum Gasteiger partial charge on any atom is -0.456 e. The van der Waals surface area contributed by atoms with Gasteiger partial charge < -0.3 is 23.9 Å². The van der Waals surface area contributed by atoms with Gasteiger partial charge in [0.05, 0.1) is 16.4 Å². The van der Waals surface area contributed by atoms with E-state index >= 15 is 0 Å². The Morgan fingerprint density at radius 2 is 1.93 bits per heavy atom. The predicted octanol–water partition coefficient (Wildman–Crippen LogP) is 6.70. The lowest BCUT2D eigenvalue weighted by Gasteiger charge is -2.38. The van der Waals surface area contributed by atoms with Crippen LogP contribution in [0.2, 0.25) is 5.02 Å². The number of para-hydroxylation sites is 2. The first-order valence-corrected chi connectivity index (χ1v) is 14.2. The Morgan fingerprint density at radius 1 is 1.15 bits per heavy atom. The standard InChI is InChI=1S/C32H31ClN4O4/c1-4-35(3)31(38)12-11-27-20(2)22-17-30(24(33)18-29(22)40-27)41-28-13-14-34-19-23(28)32(39)37-16-15-36(21-9-10-21)25-7-5-6-8-26(25)37/h5-8,11-14,17-19,21H,4,9-10,15-16H2,1-3H3/b12-11+. The molecule has 2 amide bonds. The molecule has 41 heavy (non-hydrogen) atoms. The second-order valence-electron chi connectivity index (χ2n) is 10.4. The molecule has 2 aromatic carbocycles. The van der Waals surface area contributed by atoms with Crippen LogP contribution in [0.25, 0.3) is 17.0 Å². The number of aryl methyl sites for hydroxylation is 1. The quantitative estimate of drug-likeness (QED) is 0.230. The minimum absolute atomic E-state index is 0.110. The fraction of sp³-hybridized carbons (Fsp3) is 0.281. The molecule has 1 saturated carbocycles. The smallest absolute Gasteiger partial charge is 0.263 e. The van der Waals surface area contributed by atoms with Crippen molar-refractivity contribution < 1.29 is 18.7 Å². The molecule has 3 heterocycles. The first-order valence-electron chi connectivity index (χ1n) is 13.8. The first kappa shape index (κ1) is 26.9. The second-order valence-corrected chi connectivity index (χ2v) is 10.8. The molecule has 2 aromatic heterocycles. The molecule has 4 aromatic rings. The summed E-state index contributed by atoms with van der Waals surface area (Å²) in [5.74, 6) is 1.03. The van der Waals surface area contributed by atoms with Gasteiger partial charge in [-0.3, -0.25) is 14.6 Å². The van der Waals surface area contributed by atoms with Gasteiger partial charge in [-0.1, -0.05) is 23.7 Å². The topological polar surface area (TPSA) is 79.1 Å². The molecule has 1 fully saturated rings. The highest BCUT2D eigenvalue weighted by molar-refractivity contribution is 6.32. The van der Waals surface area contributed by atoms with Crippen molar-refractivity contribution >= 4 is 51.8 Å². The Kier molecular flexibility index (Phi) is 7.17. The molecule has 0 N–H and O–H groups in total. The van der Waals surface area contributed by atoms with Crippen molar-refractivity contribution in [2.45, 2.75) is 32.7 Å². The van der Waals surface area contributed by atoms with Crippen LogP contribution in [-0.2, 0) is 4.79 Å². The van der Waals surface area contributed by atoms with Crippen molar-refractivity contribution in [3.05, 3.63) is 82.8 Å². The van der Waals surface area contributed by atoms with Crippen molar-refractivity contribution in [1.82, 2.24) is 9.88 Å². The van der Waals surface area contributed by atoms with E-state index in [9.17, 15) is 9.59 Å². The van der Waals surface area contributed by atoms with Gasteiger partial charge in [0.2, 0.25) is 5.91 Å². The summed E-state index contributed by atoms with van der Waals surface area (Å²) in [5, 5.41) is 1.13. The van der Waals surface area contributed by atoms with Gasteiger partial charge in [-0.2, -0.15) is 0 Å². The lowest BCUT2D eigenvalue weighted by atomic mass is 10.1. The predicted molar refractivity (Wildman–Crippen MR) is 161 cm³/mol. The first-order chi connectivity index (χ1) is 19.9. The van der Waals surface area contributed by atoms with Crippen molar-refractivity contribution in [2.75, 3.05) is 36.5 Å². The number of carbonyl (C=O) groups is 2. The van der Waals surface area contributed by atoms with Crippen molar-refractivity contribution in [2.24, 2.45) is 0 Å². The summed E-state index contributed by atoms with van der Waals surface area (Å²) in [6.07, 6.45) is 8.67. The van der Waals surface area contributed by atoms with Gasteiger partial charge in [-0.25, -0.2) is 0 Å². The number of fused-ring (bicyclic) bond motifs is 2. The Balaban J connectivity index is 1.29. The number of benzene rings is 2. The van der Waals surface area contributed by atoms with Crippen LogP contribution in [0.3, 0.4) is 0 Å². The van der Waals surface area contributed by atoms with Gasteiger partial charge in [0.25, 0.3) is 5.91 Å². The van der Waals surface area contributed by atoms with Gasteiger partial charge in [0.1, 0.15) is 28.4 Å². The van der Waals surface area contributed by atoms with E-state index in [4.69, 9.17) is 20.8 Å². The van der Waals surface area contributed by atoms with Crippen LogP contribution in [0.1, 0.15) is 41.4 Å². The van der Waals surface area contributed by atoms with Crippen LogP contribution in [0.4, 0.5) is 11.4 Å². The monoisotopic (exact) mass is 570 g/mol. The average Bonchev–Trinajstić information content (AvgIpc) is 3.79. The number of pyridine rings is 1. The maximum atomic E-state index is 13.9. The number of amides is 2. The number of carbonyl (C=O) groups excluding carboxylic acids is 2. The van der Waals surface area contributed by atoms with Crippen LogP contribution in [0.15, 0.2) is 65.4 Å². The van der Waals surface area contributed by atoms with E-state index in [2.05, 4.69) is 16.0 Å². The molecule has 0 spiro atoms. The van der Waals surface area contributed by atoms with Crippen molar-refractivity contribution in [1.29, 1.82) is 0 Å². The van der Waals surface area contributed by atoms with Gasteiger partial charge in [0, 0.05) is 68.2 Å². The highest BCUT2D eigenvalue weighted by atomic mass is 35.5. The number of hydrogen-bond acceptors (Lipinski definition) is 6. The van der Waals surface area contributed by atoms with Crippen LogP contribution >= 0.6 is 11.6 Å². The summed E-state index contributed by atoms with van der Waals surface area (Å²) >= 11 is 6.62. The summed E-state index contributed by atoms with van der Waals surface area (Å²) in [5.41, 5.74) is 3.75. The molecule has 0 radical (unpaired) electrons. The fourth-order valence-electron chi connectivity index (χ4n) is 5.16. The number of anilines is 2. The molecular formula is C32H31ClN4O4. The zero-order chi connectivity index (χ0) is 28.7. The largest absolute Gasteiger partial charge is 0.456 e. The van der Waals surface area contributed by atoms with E-state index in [0.29, 0.717) is 52.6 Å². The molecule has 6 rings (SSSR count). The number of hydrogen-bond donors (Lipinski definition) is 0. The van der Waals surface area contributed by atoms with E-state index in [1.54, 1.807) is 47.3 Å². The summed E-state index contributed by atoms with van der Waals surface area (Å²) in [7, 11) is 1.74. The highest BCUT2D eigenvalue weighted by Crippen LogP contribution is 2.42. The van der Waals surface area contributed by atoms with Crippen LogP contribution in [-0.4, -0.2) is 54.4 Å². The second kappa shape index (κ2) is 10.9. The number of furan rings is 1. The molecule has 1 aliphatic carbocycles. The lowest BCUT2D eigenvalue weighted by Crippen LogP contribution is -2.45. The Morgan fingerprint density at radius 3 is 2.68 bits per heavy atom. The maximum Gasteiger partial charge on any atom is 0.263 e. The lowest BCUT2D eigenvalue weighted by molar-refractivity contribution is -0.124. The van der Waals surface area contributed by atoms with E-state index in [-0.39, 0.29) is 11.8 Å². The zero-order valence-corrected chi connectivity index (χ0v) is 24.0. The third-order valence-electron chi connectivity index (χ3n) is 7.77. The third kappa shape index (κ3) is 5.15. The van der Waals surface area contributed by atoms with Crippen LogP contribution in [0, 0.1) is 6.92 Å². The molecule has 0 saturated heterocycles. The summed E-state index contributed by atoms with van der Waals surface area (Å²) in [6, 6.07) is 13.8. The number of halogens is 1. The summed E-state index contributed by atoms with van der Waals surface area (Å²) in [4.78, 5) is 36.2. The molecule has 0 unspecified atom stereocenters. The Labute approximate surface area is 243 Å². The van der Waals surface area contributed by atoms with Gasteiger partial charge >= 0.3 is 0 Å². The maximum absolute atomic E-state index is 13.9. The molecular weight excluding hydrogens is 540 g/mol. The number of likely N-dealkylation sites (N-methyl/N-ethyl adjacent to an activating group) is 1. The van der Waals surface area contributed by atoms with Gasteiger partial charge in [-0.05, 0) is 57.0 Å². The van der Waals surface area contributed by atoms with Gasteiger partial charge in [-0.15, -0.1) is 0 Å². The Bertz CT molecular complexity index is 1680. The van der Waals surface area contributed by atoms with E-state index in [0.717, 1.165) is 28.9 Å². The van der Waals surface area contributed by atoms with E-state index in [1.165, 1.54) is 25.1 Å². The van der Waals surface area contributed by atoms with E-state index < -0.39 is 0 Å². The molecule has 0 atom stereocenters. The number of rotatable bonds is 7. The highest BCUT2D eigenvalue weighted by Gasteiger charge is 2.36. The molecule has 1 aliphatic heterocycles. The SMILES string of the molecule is CCN(C)C(=O)/C=C/c1oc2cc(Cl)c(Oc3ccncc3C(=O)N3CCN(C4CC4)c4ccccc43)cc2c1C. The molecule has 0 bridgehead atoms. The zero-order valence-electron chi connectivity index (χ0n) is 23.3. The number of ether oxygens (including phenoxy) is 1. The minimum atomic E-state index is -0.179. The average molecular weight is 571 g/mol. The van der Waals surface area contributed by atoms with Crippen LogP contribution in [0.5, 0.6) is 11.5 Å². The Hall–Kier alpha value is -4.30. The summed E-state index contributed by atoms with van der Waals surface area (Å²) in [6.45, 7) is 5.80.